The second-order valence-corrected chi connectivity index (χ2v) is 4.80. The molecule has 0 fully saturated rings. The van der Waals surface area contributed by atoms with Gasteiger partial charge < -0.3 is 10.1 Å². The van der Waals surface area contributed by atoms with E-state index >= 15 is 0 Å². The van der Waals surface area contributed by atoms with Crippen LogP contribution in [-0.4, -0.2) is 22.5 Å². The molecule has 1 aromatic heterocycles. The number of aromatic nitrogens is 2. The fourth-order valence-corrected chi connectivity index (χ4v) is 2.06. The summed E-state index contributed by atoms with van der Waals surface area (Å²) in [6, 6.07) is 6.49. The van der Waals surface area contributed by atoms with Crippen LogP contribution >= 0.6 is 0 Å². The maximum Gasteiger partial charge on any atom is 0.316 e. The van der Waals surface area contributed by atoms with Crippen molar-refractivity contribution in [2.75, 3.05) is 11.9 Å². The van der Waals surface area contributed by atoms with Gasteiger partial charge in [-0.15, -0.1) is 0 Å². The average molecular weight is 303 g/mol. The van der Waals surface area contributed by atoms with E-state index in [2.05, 4.69) is 15.3 Å². The Morgan fingerprint density at radius 1 is 1.23 bits per heavy atom. The SMILES string of the molecule is CCOc1nc(C)c(NC(=O)Cc2ccccc2F)c(C)n1. The maximum absolute atomic E-state index is 13.6. The van der Waals surface area contributed by atoms with Gasteiger partial charge in [-0.05, 0) is 32.4 Å². The van der Waals surface area contributed by atoms with Gasteiger partial charge in [0.2, 0.25) is 5.91 Å². The van der Waals surface area contributed by atoms with E-state index in [4.69, 9.17) is 4.74 Å². The van der Waals surface area contributed by atoms with Crippen molar-refractivity contribution >= 4 is 11.6 Å². The standard InChI is InChI=1S/C16H18FN3O2/c1-4-22-16-18-10(2)15(11(3)19-16)20-14(21)9-12-7-5-6-8-13(12)17/h5-8H,4,9H2,1-3H3,(H,20,21). The van der Waals surface area contributed by atoms with Gasteiger partial charge in [-0.1, -0.05) is 18.2 Å². The number of anilines is 1. The predicted octanol–water partition coefficient (Wildman–Crippen LogP) is 2.81. The molecule has 1 aromatic carbocycles. The average Bonchev–Trinajstić information content (AvgIpc) is 2.46. The van der Waals surface area contributed by atoms with Crippen LogP contribution in [0.4, 0.5) is 10.1 Å². The van der Waals surface area contributed by atoms with Crippen molar-refractivity contribution in [3.63, 3.8) is 0 Å². The number of nitrogens with one attached hydrogen (secondary N) is 1. The molecule has 116 valence electrons. The monoisotopic (exact) mass is 303 g/mol. The summed E-state index contributed by atoms with van der Waals surface area (Å²) in [6.07, 6.45) is -0.0429. The van der Waals surface area contributed by atoms with Crippen LogP contribution in [0.25, 0.3) is 0 Å². The lowest BCUT2D eigenvalue weighted by atomic mass is 10.1. The van der Waals surface area contributed by atoms with Gasteiger partial charge in [0, 0.05) is 0 Å². The van der Waals surface area contributed by atoms with Gasteiger partial charge in [-0.3, -0.25) is 4.79 Å². The number of rotatable bonds is 5. The van der Waals surface area contributed by atoms with Crippen LogP contribution in [-0.2, 0) is 11.2 Å². The maximum atomic E-state index is 13.6. The Bertz CT molecular complexity index is 666. The number of ether oxygens (including phenoxy) is 1. The van der Waals surface area contributed by atoms with Crippen LogP contribution in [0, 0.1) is 19.7 Å². The fourth-order valence-electron chi connectivity index (χ4n) is 2.06. The first kappa shape index (κ1) is 15.9. The molecular weight excluding hydrogens is 285 g/mol. The number of amides is 1. The van der Waals surface area contributed by atoms with Crippen molar-refractivity contribution in [1.29, 1.82) is 0 Å². The molecule has 1 amide bonds. The summed E-state index contributed by atoms with van der Waals surface area (Å²) < 4.78 is 18.8. The zero-order valence-electron chi connectivity index (χ0n) is 12.8. The van der Waals surface area contributed by atoms with Gasteiger partial charge in [0.25, 0.3) is 0 Å². The molecule has 0 saturated carbocycles. The van der Waals surface area contributed by atoms with Crippen molar-refractivity contribution in [2.45, 2.75) is 27.2 Å². The van der Waals surface area contributed by atoms with E-state index in [1.165, 1.54) is 6.07 Å². The van der Waals surface area contributed by atoms with Crippen LogP contribution in [0.2, 0.25) is 0 Å². The fraction of sp³-hybridized carbons (Fsp3) is 0.312. The first-order valence-electron chi connectivity index (χ1n) is 7.02. The third-order valence-electron chi connectivity index (χ3n) is 3.10. The largest absolute Gasteiger partial charge is 0.464 e. The van der Waals surface area contributed by atoms with E-state index < -0.39 is 5.82 Å². The smallest absolute Gasteiger partial charge is 0.316 e. The van der Waals surface area contributed by atoms with Gasteiger partial charge in [-0.25, -0.2) is 4.39 Å². The van der Waals surface area contributed by atoms with E-state index in [0.717, 1.165) is 0 Å². The number of carbonyl (C=O) groups is 1. The van der Waals surface area contributed by atoms with Crippen molar-refractivity contribution in [2.24, 2.45) is 0 Å². The van der Waals surface area contributed by atoms with Crippen LogP contribution < -0.4 is 10.1 Å². The lowest BCUT2D eigenvalue weighted by Gasteiger charge is -2.12. The lowest BCUT2D eigenvalue weighted by molar-refractivity contribution is -0.115. The molecule has 0 saturated heterocycles. The lowest BCUT2D eigenvalue weighted by Crippen LogP contribution is -2.18. The second-order valence-electron chi connectivity index (χ2n) is 4.80. The Labute approximate surface area is 128 Å². The van der Waals surface area contributed by atoms with E-state index in [1.54, 1.807) is 32.0 Å². The third-order valence-corrected chi connectivity index (χ3v) is 3.10. The Morgan fingerprint density at radius 3 is 2.45 bits per heavy atom. The van der Waals surface area contributed by atoms with E-state index in [-0.39, 0.29) is 18.3 Å². The van der Waals surface area contributed by atoms with E-state index in [0.29, 0.717) is 29.2 Å². The van der Waals surface area contributed by atoms with Crippen LogP contribution in [0.3, 0.4) is 0 Å². The normalized spacial score (nSPS) is 10.4. The molecule has 0 atom stereocenters. The minimum atomic E-state index is -0.394. The molecule has 1 N–H and O–H groups in total. The molecule has 2 rings (SSSR count). The molecule has 0 spiro atoms. The number of benzene rings is 1. The molecule has 0 bridgehead atoms. The van der Waals surface area contributed by atoms with Crippen molar-refractivity contribution in [1.82, 2.24) is 9.97 Å². The Morgan fingerprint density at radius 2 is 1.86 bits per heavy atom. The molecule has 0 radical (unpaired) electrons. The van der Waals surface area contributed by atoms with Gasteiger partial charge in [0.05, 0.1) is 30.1 Å². The number of carbonyl (C=O) groups excluding carboxylic acids is 1. The Hall–Kier alpha value is -2.50. The van der Waals surface area contributed by atoms with Crippen molar-refractivity contribution in [3.8, 4) is 6.01 Å². The Kier molecular flexibility index (Phi) is 5.04. The van der Waals surface area contributed by atoms with Crippen molar-refractivity contribution < 1.29 is 13.9 Å². The van der Waals surface area contributed by atoms with Crippen LogP contribution in [0.15, 0.2) is 24.3 Å². The highest BCUT2D eigenvalue weighted by Crippen LogP contribution is 2.20. The van der Waals surface area contributed by atoms with Gasteiger partial charge in [-0.2, -0.15) is 9.97 Å². The van der Waals surface area contributed by atoms with E-state index in [9.17, 15) is 9.18 Å². The Balaban J connectivity index is 2.13. The highest BCUT2D eigenvalue weighted by Gasteiger charge is 2.13. The highest BCUT2D eigenvalue weighted by molar-refractivity contribution is 5.93. The summed E-state index contributed by atoms with van der Waals surface area (Å²) >= 11 is 0. The molecule has 0 unspecified atom stereocenters. The molecular formula is C16H18FN3O2. The summed E-state index contributed by atoms with van der Waals surface area (Å²) in [5.41, 5.74) is 2.10. The molecule has 0 aliphatic carbocycles. The molecule has 0 aliphatic rings. The second kappa shape index (κ2) is 6.98. The molecule has 5 nitrogen and oxygen atoms in total. The minimum absolute atomic E-state index is 0.0429. The van der Waals surface area contributed by atoms with Crippen molar-refractivity contribution in [3.05, 3.63) is 47.0 Å². The first-order valence-corrected chi connectivity index (χ1v) is 7.02. The predicted molar refractivity (Wildman–Crippen MR) is 81.4 cm³/mol. The molecule has 6 heteroatoms. The number of hydrogen-bond acceptors (Lipinski definition) is 4. The number of aryl methyl sites for hydroxylation is 2. The van der Waals surface area contributed by atoms with Gasteiger partial charge in [0.1, 0.15) is 5.82 Å². The van der Waals surface area contributed by atoms with Gasteiger partial charge >= 0.3 is 6.01 Å². The highest BCUT2D eigenvalue weighted by atomic mass is 19.1. The molecule has 1 heterocycles. The van der Waals surface area contributed by atoms with Crippen LogP contribution in [0.5, 0.6) is 6.01 Å². The summed E-state index contributed by atoms with van der Waals surface area (Å²) in [5.74, 6) is -0.710. The first-order chi connectivity index (χ1) is 10.5. The zero-order chi connectivity index (χ0) is 16.1. The summed E-state index contributed by atoms with van der Waals surface area (Å²) in [5, 5.41) is 2.74. The number of nitrogens with zero attached hydrogens (tertiary/aromatic N) is 2. The summed E-state index contributed by atoms with van der Waals surface area (Å²) in [4.78, 5) is 20.4. The summed E-state index contributed by atoms with van der Waals surface area (Å²) in [6.45, 7) is 5.84. The zero-order valence-corrected chi connectivity index (χ0v) is 12.8. The minimum Gasteiger partial charge on any atom is -0.464 e. The van der Waals surface area contributed by atoms with Gasteiger partial charge in [0.15, 0.2) is 0 Å². The third kappa shape index (κ3) is 3.78. The molecule has 0 aliphatic heterocycles. The topological polar surface area (TPSA) is 64.1 Å². The van der Waals surface area contributed by atoms with Crippen LogP contribution in [0.1, 0.15) is 23.9 Å². The number of halogens is 1. The number of hydrogen-bond donors (Lipinski definition) is 1. The summed E-state index contributed by atoms with van der Waals surface area (Å²) in [7, 11) is 0. The molecule has 2 aromatic rings. The quantitative estimate of drug-likeness (QED) is 0.922. The van der Waals surface area contributed by atoms with E-state index in [1.807, 2.05) is 6.92 Å². The molecule has 22 heavy (non-hydrogen) atoms.